The second-order valence-electron chi connectivity index (χ2n) is 6.18. The highest BCUT2D eigenvalue weighted by Gasteiger charge is 2.52. The van der Waals surface area contributed by atoms with Crippen molar-refractivity contribution in [1.29, 1.82) is 0 Å². The summed E-state index contributed by atoms with van der Waals surface area (Å²) in [5.41, 5.74) is 1.88. The molecule has 0 amide bonds. The third kappa shape index (κ3) is 2.11. The van der Waals surface area contributed by atoms with Crippen LogP contribution in [0.4, 0.5) is 13.2 Å². The average molecular weight is 289 g/mol. The van der Waals surface area contributed by atoms with Crippen LogP contribution in [0.3, 0.4) is 0 Å². The minimum atomic E-state index is -4.11. The van der Waals surface area contributed by atoms with Gasteiger partial charge in [0.05, 0.1) is 5.92 Å². The molecule has 0 saturated carbocycles. The van der Waals surface area contributed by atoms with E-state index in [2.05, 4.69) is 5.32 Å². The Balaban J connectivity index is 2.13. The van der Waals surface area contributed by atoms with E-state index in [1.54, 1.807) is 0 Å². The Morgan fingerprint density at radius 3 is 2.58 bits per heavy atom. The molecule has 2 aliphatic rings. The first-order chi connectivity index (χ1) is 8.81. The van der Waals surface area contributed by atoms with Gasteiger partial charge in [-0.2, -0.15) is 13.2 Å². The third-order valence-corrected chi connectivity index (χ3v) is 5.71. The molecule has 1 N–H and O–H groups in total. The molecule has 106 valence electrons. The van der Waals surface area contributed by atoms with Gasteiger partial charge in [0, 0.05) is 9.75 Å². The molecule has 0 bridgehead atoms. The van der Waals surface area contributed by atoms with E-state index in [1.165, 1.54) is 21.8 Å². The molecule has 3 rings (SSSR count). The Morgan fingerprint density at radius 2 is 1.89 bits per heavy atom. The van der Waals surface area contributed by atoms with E-state index in [-0.39, 0.29) is 11.8 Å². The van der Waals surface area contributed by atoms with E-state index >= 15 is 0 Å². The highest BCUT2D eigenvalue weighted by Crippen LogP contribution is 2.57. The summed E-state index contributed by atoms with van der Waals surface area (Å²) in [6, 6.07) is 0. The smallest absolute Gasteiger partial charge is 0.316 e. The van der Waals surface area contributed by atoms with Gasteiger partial charge < -0.3 is 5.32 Å². The zero-order chi connectivity index (χ0) is 13.8. The lowest BCUT2D eigenvalue weighted by Gasteiger charge is -2.22. The van der Waals surface area contributed by atoms with Crippen molar-refractivity contribution in [3.05, 3.63) is 20.9 Å². The molecule has 0 saturated heterocycles. The molecule has 0 radical (unpaired) electrons. The van der Waals surface area contributed by atoms with Crippen molar-refractivity contribution in [2.24, 2.45) is 0 Å². The third-order valence-electron chi connectivity index (χ3n) is 4.30. The first kappa shape index (κ1) is 13.4. The second kappa shape index (κ2) is 4.22. The predicted octanol–water partition coefficient (Wildman–Crippen LogP) is 3.76. The van der Waals surface area contributed by atoms with E-state index in [1.807, 2.05) is 13.8 Å². The van der Waals surface area contributed by atoms with Crippen LogP contribution in [0.15, 0.2) is 0 Å². The number of alkyl halides is 3. The van der Waals surface area contributed by atoms with Gasteiger partial charge in [-0.15, -0.1) is 11.3 Å². The molecule has 2 heterocycles. The van der Waals surface area contributed by atoms with Crippen LogP contribution in [0.25, 0.3) is 0 Å². The predicted molar refractivity (Wildman–Crippen MR) is 71.0 cm³/mol. The first-order valence-electron chi connectivity index (χ1n) is 6.73. The number of rotatable bonds is 0. The molecule has 1 aliphatic carbocycles. The molecule has 0 unspecified atom stereocenters. The number of nitrogens with one attached hydrogen (secondary N) is 1. The van der Waals surface area contributed by atoms with Gasteiger partial charge in [0.1, 0.15) is 0 Å². The summed E-state index contributed by atoms with van der Waals surface area (Å²) in [4.78, 5) is 1.78. The standard InChI is InChI=1S/C14H18F3NS/c1-13(2)7-9(14(15,16)17)12-11(13)8-3-5-18-6-4-10(8)19-12/h9,18H,3-7H2,1-2H3/t9-/m1/s1. The highest BCUT2D eigenvalue weighted by molar-refractivity contribution is 7.12. The Hall–Kier alpha value is -0.550. The van der Waals surface area contributed by atoms with Gasteiger partial charge >= 0.3 is 6.18 Å². The van der Waals surface area contributed by atoms with E-state index in [4.69, 9.17) is 0 Å². The molecule has 1 aromatic rings. The zero-order valence-corrected chi connectivity index (χ0v) is 12.0. The average Bonchev–Trinajstić information content (AvgIpc) is 2.66. The van der Waals surface area contributed by atoms with E-state index in [0.29, 0.717) is 4.88 Å². The SMILES string of the molecule is CC1(C)C[C@@H](C(F)(F)F)c2sc3c(c21)CCNCC3. The minimum absolute atomic E-state index is 0.207. The van der Waals surface area contributed by atoms with Crippen LogP contribution < -0.4 is 5.32 Å². The number of fused-ring (bicyclic) bond motifs is 3. The van der Waals surface area contributed by atoms with E-state index in [0.717, 1.165) is 31.5 Å². The highest BCUT2D eigenvalue weighted by atomic mass is 32.1. The molecule has 5 heteroatoms. The van der Waals surface area contributed by atoms with Crippen molar-refractivity contribution in [3.63, 3.8) is 0 Å². The van der Waals surface area contributed by atoms with Crippen molar-refractivity contribution in [1.82, 2.24) is 5.32 Å². The van der Waals surface area contributed by atoms with E-state index in [9.17, 15) is 13.2 Å². The van der Waals surface area contributed by atoms with Crippen molar-refractivity contribution >= 4 is 11.3 Å². The molecule has 1 nitrogen and oxygen atoms in total. The molecule has 1 atom stereocenters. The van der Waals surface area contributed by atoms with Crippen LogP contribution in [0.1, 0.15) is 47.1 Å². The normalized spacial score (nSPS) is 25.8. The Morgan fingerprint density at radius 1 is 1.21 bits per heavy atom. The number of hydrogen-bond donors (Lipinski definition) is 1. The van der Waals surface area contributed by atoms with Gasteiger partial charge in [0.2, 0.25) is 0 Å². The van der Waals surface area contributed by atoms with Crippen LogP contribution in [0.5, 0.6) is 0 Å². The molecule has 0 aromatic carbocycles. The van der Waals surface area contributed by atoms with Gasteiger partial charge in [-0.05, 0) is 48.9 Å². The molecular weight excluding hydrogens is 271 g/mol. The monoisotopic (exact) mass is 289 g/mol. The summed E-state index contributed by atoms with van der Waals surface area (Å²) < 4.78 is 39.7. The molecule has 0 spiro atoms. The number of hydrogen-bond acceptors (Lipinski definition) is 2. The fourth-order valence-corrected chi connectivity index (χ4v) is 5.15. The maximum atomic E-state index is 13.2. The van der Waals surface area contributed by atoms with Gasteiger partial charge in [0.25, 0.3) is 0 Å². The maximum Gasteiger partial charge on any atom is 0.396 e. The largest absolute Gasteiger partial charge is 0.396 e. The van der Waals surface area contributed by atoms with Crippen LogP contribution >= 0.6 is 11.3 Å². The second-order valence-corrected chi connectivity index (χ2v) is 7.31. The van der Waals surface area contributed by atoms with Gasteiger partial charge in [-0.25, -0.2) is 0 Å². The maximum absolute atomic E-state index is 13.2. The van der Waals surface area contributed by atoms with Crippen molar-refractivity contribution in [2.45, 2.75) is 50.6 Å². The zero-order valence-electron chi connectivity index (χ0n) is 11.2. The molecule has 0 fully saturated rings. The lowest BCUT2D eigenvalue weighted by molar-refractivity contribution is -0.151. The topological polar surface area (TPSA) is 12.0 Å². The van der Waals surface area contributed by atoms with Crippen LogP contribution in [-0.2, 0) is 18.3 Å². The lowest BCUT2D eigenvalue weighted by Crippen LogP contribution is -2.21. The Labute approximate surface area is 115 Å². The summed E-state index contributed by atoms with van der Waals surface area (Å²) in [6.07, 6.45) is -2.16. The Kier molecular flexibility index (Phi) is 2.98. The van der Waals surface area contributed by atoms with Crippen LogP contribution in [0, 0.1) is 0 Å². The quantitative estimate of drug-likeness (QED) is 0.767. The number of halogens is 3. The Bertz CT molecular complexity index is 502. The lowest BCUT2D eigenvalue weighted by atomic mass is 9.83. The molecular formula is C14H18F3NS. The summed E-state index contributed by atoms with van der Waals surface area (Å²) in [6.45, 7) is 5.68. The van der Waals surface area contributed by atoms with Crippen molar-refractivity contribution in [3.8, 4) is 0 Å². The summed E-state index contributed by atoms with van der Waals surface area (Å²) in [7, 11) is 0. The minimum Gasteiger partial charge on any atom is -0.316 e. The summed E-state index contributed by atoms with van der Waals surface area (Å²) in [5, 5.41) is 3.32. The van der Waals surface area contributed by atoms with Crippen molar-refractivity contribution in [2.75, 3.05) is 13.1 Å². The molecule has 1 aliphatic heterocycles. The molecule has 19 heavy (non-hydrogen) atoms. The fraction of sp³-hybridized carbons (Fsp3) is 0.714. The van der Waals surface area contributed by atoms with Crippen LogP contribution in [0.2, 0.25) is 0 Å². The van der Waals surface area contributed by atoms with Crippen LogP contribution in [-0.4, -0.2) is 19.3 Å². The van der Waals surface area contributed by atoms with E-state index < -0.39 is 12.1 Å². The molecule has 1 aromatic heterocycles. The summed E-state index contributed by atoms with van der Waals surface area (Å²) in [5.74, 6) is -1.25. The van der Waals surface area contributed by atoms with Gasteiger partial charge in [-0.3, -0.25) is 0 Å². The fourth-order valence-electron chi connectivity index (χ4n) is 3.50. The van der Waals surface area contributed by atoms with Crippen molar-refractivity contribution < 1.29 is 13.2 Å². The summed E-state index contributed by atoms with van der Waals surface area (Å²) >= 11 is 1.42. The first-order valence-corrected chi connectivity index (χ1v) is 7.55. The van der Waals surface area contributed by atoms with Gasteiger partial charge in [0.15, 0.2) is 0 Å². The van der Waals surface area contributed by atoms with Gasteiger partial charge in [-0.1, -0.05) is 13.8 Å². The number of thiophene rings is 1.